The lowest BCUT2D eigenvalue weighted by Gasteiger charge is -2.01. The maximum atomic E-state index is 11.9. The van der Waals surface area contributed by atoms with Gasteiger partial charge in [-0.25, -0.2) is 4.79 Å². The summed E-state index contributed by atoms with van der Waals surface area (Å²) in [6.45, 7) is 1.79. The molecule has 22 heavy (non-hydrogen) atoms. The molecule has 2 rings (SSSR count). The molecule has 1 aromatic heterocycles. The van der Waals surface area contributed by atoms with Crippen LogP contribution in [0.1, 0.15) is 20.8 Å². The van der Waals surface area contributed by atoms with Gasteiger partial charge in [-0.15, -0.1) is 11.3 Å². The average Bonchev–Trinajstić information content (AvgIpc) is 2.86. The number of carbonyl (C=O) groups is 2. The second kappa shape index (κ2) is 6.91. The van der Waals surface area contributed by atoms with Gasteiger partial charge < -0.3 is 15.2 Å². The lowest BCUT2D eigenvalue weighted by molar-refractivity contribution is -0.111. The summed E-state index contributed by atoms with van der Waals surface area (Å²) < 4.78 is 5.10. The lowest BCUT2D eigenvalue weighted by Crippen LogP contribution is -2.09. The summed E-state index contributed by atoms with van der Waals surface area (Å²) in [4.78, 5) is 23.8. The first kappa shape index (κ1) is 15.8. The minimum Gasteiger partial charge on any atom is -0.497 e. The molecule has 0 aliphatic heterocycles. The van der Waals surface area contributed by atoms with Gasteiger partial charge in [-0.05, 0) is 36.8 Å². The summed E-state index contributed by atoms with van der Waals surface area (Å²) in [6.07, 6.45) is 2.99. The minimum absolute atomic E-state index is 0.102. The first-order valence-electron chi connectivity index (χ1n) is 6.46. The number of methoxy groups -OCH3 is 1. The molecule has 0 radical (unpaired) electrons. The molecule has 0 saturated heterocycles. The van der Waals surface area contributed by atoms with E-state index in [1.807, 2.05) is 18.2 Å². The van der Waals surface area contributed by atoms with Gasteiger partial charge in [0.05, 0.1) is 12.7 Å². The average molecular weight is 317 g/mol. The molecule has 1 heterocycles. The summed E-state index contributed by atoms with van der Waals surface area (Å²) in [6, 6.07) is 8.80. The Morgan fingerprint density at radius 2 is 2.09 bits per heavy atom. The van der Waals surface area contributed by atoms with Crippen LogP contribution in [0.5, 0.6) is 5.75 Å². The van der Waals surface area contributed by atoms with Crippen LogP contribution in [0, 0.1) is 6.92 Å². The fourth-order valence-electron chi connectivity index (χ4n) is 1.84. The van der Waals surface area contributed by atoms with Crippen LogP contribution in [-0.2, 0) is 4.79 Å². The van der Waals surface area contributed by atoms with E-state index in [1.165, 1.54) is 23.5 Å². The Balaban J connectivity index is 2.09. The molecule has 1 amide bonds. The molecule has 0 atom stereocenters. The number of benzene rings is 1. The molecular formula is C16H15NO4S. The Morgan fingerprint density at radius 3 is 2.77 bits per heavy atom. The Morgan fingerprint density at radius 1 is 1.32 bits per heavy atom. The zero-order valence-corrected chi connectivity index (χ0v) is 12.9. The van der Waals surface area contributed by atoms with E-state index in [2.05, 4.69) is 5.32 Å². The van der Waals surface area contributed by atoms with E-state index in [9.17, 15) is 9.59 Å². The van der Waals surface area contributed by atoms with Gasteiger partial charge in [0.25, 0.3) is 0 Å². The normalized spacial score (nSPS) is 10.6. The number of hydrogen-bond acceptors (Lipinski definition) is 4. The molecule has 0 unspecified atom stereocenters. The third-order valence-corrected chi connectivity index (χ3v) is 3.81. The molecule has 0 spiro atoms. The SMILES string of the molecule is COc1cccc(/C=C/C(=O)Nc2sc(C)cc2C(=O)O)c1. The van der Waals surface area contributed by atoms with E-state index < -0.39 is 5.97 Å². The Bertz CT molecular complexity index is 733. The van der Waals surface area contributed by atoms with Crippen molar-refractivity contribution >= 4 is 34.3 Å². The highest BCUT2D eigenvalue weighted by atomic mass is 32.1. The second-order valence-corrected chi connectivity index (χ2v) is 5.76. The fourth-order valence-corrected chi connectivity index (χ4v) is 2.74. The van der Waals surface area contributed by atoms with Crippen molar-refractivity contribution < 1.29 is 19.4 Å². The Labute approximate surface area is 131 Å². The van der Waals surface area contributed by atoms with Crippen LogP contribution >= 0.6 is 11.3 Å². The van der Waals surface area contributed by atoms with Gasteiger partial charge in [0.1, 0.15) is 10.8 Å². The molecule has 0 fully saturated rings. The quantitative estimate of drug-likeness (QED) is 0.829. The molecule has 0 aliphatic rings. The van der Waals surface area contributed by atoms with E-state index in [0.29, 0.717) is 10.8 Å². The predicted octanol–water partition coefficient (Wildman–Crippen LogP) is 3.42. The standard InChI is InChI=1S/C16H15NO4S/c1-10-8-13(16(19)20)15(22-10)17-14(18)7-6-11-4-3-5-12(9-11)21-2/h3-9H,1-2H3,(H,17,18)(H,19,20)/b7-6+. The van der Waals surface area contributed by atoms with Crippen LogP contribution in [0.3, 0.4) is 0 Å². The third kappa shape index (κ3) is 3.95. The molecule has 2 N–H and O–H groups in total. The topological polar surface area (TPSA) is 75.6 Å². The largest absolute Gasteiger partial charge is 0.497 e. The molecule has 2 aromatic rings. The minimum atomic E-state index is -1.06. The van der Waals surface area contributed by atoms with Crippen molar-refractivity contribution in [3.05, 3.63) is 52.4 Å². The zero-order valence-electron chi connectivity index (χ0n) is 12.1. The Hall–Kier alpha value is -2.60. The highest BCUT2D eigenvalue weighted by molar-refractivity contribution is 7.16. The van der Waals surface area contributed by atoms with Crippen LogP contribution in [0.15, 0.2) is 36.4 Å². The van der Waals surface area contributed by atoms with Crippen LogP contribution in [0.25, 0.3) is 6.08 Å². The van der Waals surface area contributed by atoms with Gasteiger partial charge in [-0.2, -0.15) is 0 Å². The summed E-state index contributed by atoms with van der Waals surface area (Å²) in [7, 11) is 1.57. The number of anilines is 1. The first-order chi connectivity index (χ1) is 10.5. The van der Waals surface area contributed by atoms with Crippen molar-refractivity contribution in [1.29, 1.82) is 0 Å². The number of carboxylic acid groups (broad SMARTS) is 1. The fraction of sp³-hybridized carbons (Fsp3) is 0.125. The van der Waals surface area contributed by atoms with E-state index in [-0.39, 0.29) is 11.5 Å². The zero-order chi connectivity index (χ0) is 16.1. The van der Waals surface area contributed by atoms with Crippen LogP contribution in [0.4, 0.5) is 5.00 Å². The van der Waals surface area contributed by atoms with E-state index in [0.717, 1.165) is 10.4 Å². The number of amides is 1. The number of aromatic carboxylic acids is 1. The van der Waals surface area contributed by atoms with Crippen molar-refractivity contribution in [2.75, 3.05) is 12.4 Å². The lowest BCUT2D eigenvalue weighted by atomic mass is 10.2. The van der Waals surface area contributed by atoms with Crippen LogP contribution < -0.4 is 10.1 Å². The highest BCUT2D eigenvalue weighted by Crippen LogP contribution is 2.27. The predicted molar refractivity (Wildman–Crippen MR) is 86.7 cm³/mol. The monoisotopic (exact) mass is 317 g/mol. The van der Waals surface area contributed by atoms with E-state index in [1.54, 1.807) is 26.2 Å². The maximum Gasteiger partial charge on any atom is 0.338 e. The number of rotatable bonds is 5. The third-order valence-electron chi connectivity index (χ3n) is 2.84. The van der Waals surface area contributed by atoms with Crippen molar-refractivity contribution in [3.63, 3.8) is 0 Å². The number of thiophene rings is 1. The van der Waals surface area contributed by atoms with Crippen molar-refractivity contribution in [2.45, 2.75) is 6.92 Å². The number of nitrogens with one attached hydrogen (secondary N) is 1. The number of carboxylic acids is 1. The summed E-state index contributed by atoms with van der Waals surface area (Å²) in [5.74, 6) is -0.742. The van der Waals surface area contributed by atoms with Gasteiger partial charge in [0, 0.05) is 11.0 Å². The summed E-state index contributed by atoms with van der Waals surface area (Å²) in [5, 5.41) is 12.0. The van der Waals surface area contributed by atoms with Gasteiger partial charge in [-0.3, -0.25) is 4.79 Å². The number of hydrogen-bond donors (Lipinski definition) is 2. The van der Waals surface area contributed by atoms with E-state index in [4.69, 9.17) is 9.84 Å². The molecule has 0 saturated carbocycles. The molecule has 5 nitrogen and oxygen atoms in total. The molecular weight excluding hydrogens is 302 g/mol. The van der Waals surface area contributed by atoms with Gasteiger partial charge in [0.2, 0.25) is 5.91 Å². The maximum absolute atomic E-state index is 11.9. The van der Waals surface area contributed by atoms with Crippen molar-refractivity contribution in [3.8, 4) is 5.75 Å². The molecule has 0 aliphatic carbocycles. The van der Waals surface area contributed by atoms with Crippen molar-refractivity contribution in [2.24, 2.45) is 0 Å². The summed E-state index contributed by atoms with van der Waals surface area (Å²) in [5.41, 5.74) is 0.918. The number of aryl methyl sites for hydroxylation is 1. The van der Waals surface area contributed by atoms with Crippen LogP contribution in [0.2, 0.25) is 0 Å². The van der Waals surface area contributed by atoms with Gasteiger partial charge >= 0.3 is 5.97 Å². The number of ether oxygens (including phenoxy) is 1. The Kier molecular flexibility index (Phi) is 4.95. The van der Waals surface area contributed by atoms with Crippen molar-refractivity contribution in [1.82, 2.24) is 0 Å². The number of carbonyl (C=O) groups excluding carboxylic acids is 1. The molecule has 0 bridgehead atoms. The van der Waals surface area contributed by atoms with Crippen LogP contribution in [-0.4, -0.2) is 24.1 Å². The smallest absolute Gasteiger partial charge is 0.338 e. The van der Waals surface area contributed by atoms with Gasteiger partial charge in [0.15, 0.2) is 0 Å². The highest BCUT2D eigenvalue weighted by Gasteiger charge is 2.14. The first-order valence-corrected chi connectivity index (χ1v) is 7.28. The van der Waals surface area contributed by atoms with E-state index >= 15 is 0 Å². The second-order valence-electron chi connectivity index (χ2n) is 4.50. The molecule has 114 valence electrons. The molecule has 1 aromatic carbocycles. The van der Waals surface area contributed by atoms with Gasteiger partial charge in [-0.1, -0.05) is 12.1 Å². The molecule has 6 heteroatoms. The summed E-state index contributed by atoms with van der Waals surface area (Å²) >= 11 is 1.23.